The molecule has 0 aliphatic heterocycles. The number of hydrogen-bond acceptors (Lipinski definition) is 4. The van der Waals surface area contributed by atoms with Crippen LogP contribution in [0.5, 0.6) is 0 Å². The van der Waals surface area contributed by atoms with Crippen molar-refractivity contribution in [3.05, 3.63) is 71.4 Å². The Morgan fingerprint density at radius 3 is 2.44 bits per heavy atom. The van der Waals surface area contributed by atoms with Gasteiger partial charge in [-0.05, 0) is 29.8 Å². The molecule has 0 atom stereocenters. The van der Waals surface area contributed by atoms with Crippen LogP contribution in [0.1, 0.15) is 23.2 Å². The molecular formula is C19H15ClN2O2S. The van der Waals surface area contributed by atoms with Gasteiger partial charge in [-0.2, -0.15) is 0 Å². The van der Waals surface area contributed by atoms with Gasteiger partial charge in [0.25, 0.3) is 0 Å². The van der Waals surface area contributed by atoms with Crippen LogP contribution in [0.25, 0.3) is 10.4 Å². The number of Topliss-reactive ketones (excluding diaryl/α,β-unsaturated/α-hetero) is 1. The summed E-state index contributed by atoms with van der Waals surface area (Å²) in [5.41, 5.74) is 1.61. The monoisotopic (exact) mass is 370 g/mol. The van der Waals surface area contributed by atoms with Crippen LogP contribution in [0.15, 0.2) is 60.8 Å². The predicted octanol–water partition coefficient (Wildman–Crippen LogP) is 5.07. The Labute approximate surface area is 154 Å². The van der Waals surface area contributed by atoms with Crippen molar-refractivity contribution < 1.29 is 9.59 Å². The van der Waals surface area contributed by atoms with Crippen LogP contribution in [0.3, 0.4) is 0 Å². The highest BCUT2D eigenvalue weighted by molar-refractivity contribution is 7.19. The summed E-state index contributed by atoms with van der Waals surface area (Å²) in [4.78, 5) is 29.3. The van der Waals surface area contributed by atoms with E-state index in [9.17, 15) is 9.59 Å². The number of carbonyl (C=O) groups excluding carboxylic acids is 2. The lowest BCUT2D eigenvalue weighted by molar-refractivity contribution is -0.116. The molecule has 4 nitrogen and oxygen atoms in total. The van der Waals surface area contributed by atoms with E-state index in [2.05, 4.69) is 10.3 Å². The summed E-state index contributed by atoms with van der Waals surface area (Å²) in [5, 5.41) is 3.85. The molecule has 2 aromatic carbocycles. The summed E-state index contributed by atoms with van der Waals surface area (Å²) in [7, 11) is 0. The normalized spacial score (nSPS) is 10.4. The van der Waals surface area contributed by atoms with Crippen LogP contribution in [-0.2, 0) is 4.79 Å². The Hall–Kier alpha value is -2.50. The Morgan fingerprint density at radius 1 is 1.00 bits per heavy atom. The number of ketones is 1. The van der Waals surface area contributed by atoms with Crippen molar-refractivity contribution in [2.45, 2.75) is 12.8 Å². The maximum absolute atomic E-state index is 12.1. The van der Waals surface area contributed by atoms with Gasteiger partial charge in [-0.15, -0.1) is 0 Å². The van der Waals surface area contributed by atoms with Crippen LogP contribution in [0.2, 0.25) is 5.02 Å². The number of carbonyl (C=O) groups is 2. The lowest BCUT2D eigenvalue weighted by atomic mass is 10.1. The third-order valence-electron chi connectivity index (χ3n) is 3.56. The highest BCUT2D eigenvalue weighted by atomic mass is 35.5. The van der Waals surface area contributed by atoms with Crippen LogP contribution >= 0.6 is 22.9 Å². The van der Waals surface area contributed by atoms with E-state index in [0.29, 0.717) is 15.7 Å². The van der Waals surface area contributed by atoms with E-state index < -0.39 is 0 Å². The average Bonchev–Trinajstić information content (AvgIpc) is 3.09. The Bertz CT molecular complexity index is 876. The number of nitrogens with one attached hydrogen (secondary N) is 1. The fourth-order valence-electron chi connectivity index (χ4n) is 2.26. The first-order valence-corrected chi connectivity index (χ1v) is 8.91. The third kappa shape index (κ3) is 4.75. The van der Waals surface area contributed by atoms with Gasteiger partial charge < -0.3 is 5.32 Å². The quantitative estimate of drug-likeness (QED) is 0.616. The van der Waals surface area contributed by atoms with Crippen LogP contribution < -0.4 is 5.32 Å². The summed E-state index contributed by atoms with van der Waals surface area (Å²) < 4.78 is 0. The molecule has 25 heavy (non-hydrogen) atoms. The summed E-state index contributed by atoms with van der Waals surface area (Å²) in [6, 6.07) is 16.5. The van der Waals surface area contributed by atoms with Crippen molar-refractivity contribution in [3.63, 3.8) is 0 Å². The highest BCUT2D eigenvalue weighted by Gasteiger charge is 2.11. The molecule has 126 valence electrons. The Balaban J connectivity index is 1.54. The van der Waals surface area contributed by atoms with Gasteiger partial charge in [-0.1, -0.05) is 53.3 Å². The minimum absolute atomic E-state index is 0.0871. The molecule has 0 unspecified atom stereocenters. The van der Waals surface area contributed by atoms with E-state index in [1.165, 1.54) is 11.3 Å². The summed E-state index contributed by atoms with van der Waals surface area (Å²) in [5.74, 6) is -0.313. The lowest BCUT2D eigenvalue weighted by Gasteiger charge is -2.02. The number of rotatable bonds is 6. The van der Waals surface area contributed by atoms with Crippen molar-refractivity contribution in [2.24, 2.45) is 0 Å². The molecule has 1 aromatic heterocycles. The van der Waals surface area contributed by atoms with Gasteiger partial charge in [-0.25, -0.2) is 4.98 Å². The minimum atomic E-state index is -0.226. The van der Waals surface area contributed by atoms with Crippen LogP contribution in [-0.4, -0.2) is 16.7 Å². The SMILES string of the molecule is O=C(CCC(=O)c1ccc(Cl)cc1)Nc1ncc(-c2ccccc2)s1. The van der Waals surface area contributed by atoms with E-state index in [0.717, 1.165) is 10.4 Å². The zero-order chi connectivity index (χ0) is 17.6. The van der Waals surface area contributed by atoms with Gasteiger partial charge in [0, 0.05) is 29.6 Å². The molecule has 6 heteroatoms. The van der Waals surface area contributed by atoms with Crippen molar-refractivity contribution >= 4 is 39.8 Å². The molecule has 0 saturated heterocycles. The molecule has 0 fully saturated rings. The molecule has 3 rings (SSSR count). The van der Waals surface area contributed by atoms with Crippen molar-refractivity contribution in [2.75, 3.05) is 5.32 Å². The minimum Gasteiger partial charge on any atom is -0.302 e. The van der Waals surface area contributed by atoms with Crippen molar-refractivity contribution in [1.29, 1.82) is 0 Å². The zero-order valence-corrected chi connectivity index (χ0v) is 14.8. The smallest absolute Gasteiger partial charge is 0.226 e. The van der Waals surface area contributed by atoms with Gasteiger partial charge in [0.1, 0.15) is 0 Å². The predicted molar refractivity (Wildman–Crippen MR) is 101 cm³/mol. The largest absolute Gasteiger partial charge is 0.302 e. The first kappa shape index (κ1) is 17.3. The lowest BCUT2D eigenvalue weighted by Crippen LogP contribution is -2.13. The van der Waals surface area contributed by atoms with E-state index in [1.807, 2.05) is 30.3 Å². The van der Waals surface area contributed by atoms with Crippen molar-refractivity contribution in [1.82, 2.24) is 4.98 Å². The van der Waals surface area contributed by atoms with Gasteiger partial charge in [-0.3, -0.25) is 9.59 Å². The molecule has 0 aliphatic rings. The molecule has 1 heterocycles. The number of benzene rings is 2. The Morgan fingerprint density at radius 2 is 1.72 bits per heavy atom. The maximum Gasteiger partial charge on any atom is 0.226 e. The number of thiazole rings is 1. The second-order valence-corrected chi connectivity index (χ2v) is 6.84. The highest BCUT2D eigenvalue weighted by Crippen LogP contribution is 2.28. The number of amides is 1. The van der Waals surface area contributed by atoms with Gasteiger partial charge in [0.05, 0.1) is 4.88 Å². The van der Waals surface area contributed by atoms with E-state index in [1.54, 1.807) is 30.5 Å². The topological polar surface area (TPSA) is 59.1 Å². The second kappa shape index (κ2) is 8.05. The number of halogens is 1. The number of hydrogen-bond donors (Lipinski definition) is 1. The number of nitrogens with zero attached hydrogens (tertiary/aromatic N) is 1. The standard InChI is InChI=1S/C19H15ClN2O2S/c20-15-8-6-13(7-9-15)16(23)10-11-18(24)22-19-21-12-17(25-19)14-4-2-1-3-5-14/h1-9,12H,10-11H2,(H,21,22,24). The first-order valence-electron chi connectivity index (χ1n) is 7.72. The van der Waals surface area contributed by atoms with E-state index in [4.69, 9.17) is 11.6 Å². The zero-order valence-electron chi connectivity index (χ0n) is 13.2. The fraction of sp³-hybridized carbons (Fsp3) is 0.105. The first-order chi connectivity index (χ1) is 12.1. The molecule has 0 saturated carbocycles. The molecule has 0 radical (unpaired) electrons. The van der Waals surface area contributed by atoms with Gasteiger partial charge in [0.15, 0.2) is 10.9 Å². The number of aromatic nitrogens is 1. The molecule has 0 aliphatic carbocycles. The molecule has 3 aromatic rings. The van der Waals surface area contributed by atoms with Crippen LogP contribution in [0, 0.1) is 0 Å². The third-order valence-corrected chi connectivity index (χ3v) is 4.77. The second-order valence-electron chi connectivity index (χ2n) is 5.37. The summed E-state index contributed by atoms with van der Waals surface area (Å²) in [6.07, 6.45) is 1.99. The van der Waals surface area contributed by atoms with Crippen LogP contribution in [0.4, 0.5) is 5.13 Å². The van der Waals surface area contributed by atoms with Crippen molar-refractivity contribution in [3.8, 4) is 10.4 Å². The number of anilines is 1. The van der Waals surface area contributed by atoms with Gasteiger partial charge in [0.2, 0.25) is 5.91 Å². The average molecular weight is 371 g/mol. The molecule has 1 amide bonds. The molecule has 0 bridgehead atoms. The molecule has 0 spiro atoms. The maximum atomic E-state index is 12.1. The molecule has 1 N–H and O–H groups in total. The van der Waals surface area contributed by atoms with Gasteiger partial charge >= 0.3 is 0 Å². The summed E-state index contributed by atoms with van der Waals surface area (Å²) in [6.45, 7) is 0. The Kier molecular flexibility index (Phi) is 5.58. The van der Waals surface area contributed by atoms with E-state index >= 15 is 0 Å². The van der Waals surface area contributed by atoms with E-state index in [-0.39, 0.29) is 24.5 Å². The fourth-order valence-corrected chi connectivity index (χ4v) is 3.22. The molecular weight excluding hydrogens is 356 g/mol. The summed E-state index contributed by atoms with van der Waals surface area (Å²) >= 11 is 7.20.